The standard InChI is InChI=1S/C23H23N5OS.2C2H6/c1-30-21-11-16(19-14-27-22-7-5-6-17(12-24)28(19)22)10-20(18(21)13-25)29-15-23(26)8-3-2-4-9-23;2*1-2/h5-7,10-11,14H,2-4,8-9,15,26H2,1H3;2*1-2H3. The van der Waals surface area contributed by atoms with Crippen LogP contribution in [-0.2, 0) is 0 Å². The van der Waals surface area contributed by atoms with Crippen LogP contribution in [0.5, 0.6) is 5.75 Å². The van der Waals surface area contributed by atoms with E-state index < -0.39 is 0 Å². The van der Waals surface area contributed by atoms with Crippen LogP contribution in [0.25, 0.3) is 16.9 Å². The summed E-state index contributed by atoms with van der Waals surface area (Å²) in [7, 11) is 0. The van der Waals surface area contributed by atoms with Crippen molar-refractivity contribution in [2.45, 2.75) is 70.2 Å². The topological polar surface area (TPSA) is 100 Å². The molecule has 0 atom stereocenters. The van der Waals surface area contributed by atoms with Gasteiger partial charge in [-0.3, -0.25) is 4.40 Å². The Morgan fingerprint density at radius 3 is 2.41 bits per heavy atom. The third-order valence-electron chi connectivity index (χ3n) is 5.70. The molecule has 0 radical (unpaired) electrons. The predicted octanol–water partition coefficient (Wildman–Crippen LogP) is 6.56. The molecule has 4 rings (SSSR count). The third kappa shape index (κ3) is 5.91. The second kappa shape index (κ2) is 13.0. The maximum Gasteiger partial charge on any atom is 0.138 e. The quantitative estimate of drug-likeness (QED) is 0.418. The van der Waals surface area contributed by atoms with Gasteiger partial charge in [0.1, 0.15) is 41.4 Å². The average molecular weight is 478 g/mol. The number of hydrogen-bond donors (Lipinski definition) is 1. The van der Waals surface area contributed by atoms with E-state index in [0.29, 0.717) is 29.3 Å². The van der Waals surface area contributed by atoms with E-state index >= 15 is 0 Å². The zero-order valence-electron chi connectivity index (χ0n) is 20.9. The maximum atomic E-state index is 9.77. The first kappa shape index (κ1) is 27.2. The number of aromatic nitrogens is 2. The molecule has 34 heavy (non-hydrogen) atoms. The lowest BCUT2D eigenvalue weighted by Crippen LogP contribution is -2.47. The number of imidazole rings is 1. The molecule has 0 spiro atoms. The van der Waals surface area contributed by atoms with Gasteiger partial charge in [0.05, 0.1) is 17.4 Å². The highest BCUT2D eigenvalue weighted by atomic mass is 32.2. The van der Waals surface area contributed by atoms with Crippen molar-refractivity contribution in [3.05, 3.63) is 47.8 Å². The minimum Gasteiger partial charge on any atom is -0.490 e. The third-order valence-corrected chi connectivity index (χ3v) is 6.46. The van der Waals surface area contributed by atoms with Gasteiger partial charge in [0.2, 0.25) is 0 Å². The molecule has 2 N–H and O–H groups in total. The molecule has 7 heteroatoms. The van der Waals surface area contributed by atoms with Gasteiger partial charge in [0.25, 0.3) is 0 Å². The highest BCUT2D eigenvalue weighted by molar-refractivity contribution is 7.98. The molecule has 0 aliphatic heterocycles. The number of ether oxygens (including phenoxy) is 1. The van der Waals surface area contributed by atoms with Crippen molar-refractivity contribution in [1.29, 1.82) is 10.5 Å². The molecule has 0 amide bonds. The molecule has 0 bridgehead atoms. The summed E-state index contributed by atoms with van der Waals surface area (Å²) in [6.07, 6.45) is 8.98. The first-order chi connectivity index (χ1) is 16.6. The minimum absolute atomic E-state index is 0.349. The molecule has 2 heterocycles. The fraction of sp³-hybridized carbons (Fsp3) is 0.444. The molecule has 1 fully saturated rings. The average Bonchev–Trinajstić information content (AvgIpc) is 3.34. The number of nitrogens with two attached hydrogens (primary N) is 1. The van der Waals surface area contributed by atoms with Crippen LogP contribution in [-0.4, -0.2) is 27.8 Å². The van der Waals surface area contributed by atoms with E-state index in [0.717, 1.165) is 41.8 Å². The first-order valence-electron chi connectivity index (χ1n) is 12.0. The van der Waals surface area contributed by atoms with Crippen molar-refractivity contribution < 1.29 is 4.74 Å². The van der Waals surface area contributed by atoms with E-state index in [4.69, 9.17) is 10.5 Å². The van der Waals surface area contributed by atoms with Gasteiger partial charge in [-0.15, -0.1) is 11.8 Å². The summed E-state index contributed by atoms with van der Waals surface area (Å²) in [5.41, 5.74) is 9.54. The number of nitriles is 2. The van der Waals surface area contributed by atoms with Crippen molar-refractivity contribution in [2.24, 2.45) is 5.73 Å². The van der Waals surface area contributed by atoms with Gasteiger partial charge in [-0.25, -0.2) is 4.98 Å². The maximum absolute atomic E-state index is 9.77. The lowest BCUT2D eigenvalue weighted by molar-refractivity contribution is 0.173. The van der Waals surface area contributed by atoms with Crippen molar-refractivity contribution >= 4 is 17.4 Å². The summed E-state index contributed by atoms with van der Waals surface area (Å²) in [6.45, 7) is 8.38. The van der Waals surface area contributed by atoms with Crippen molar-refractivity contribution in [3.63, 3.8) is 0 Å². The van der Waals surface area contributed by atoms with Crippen LogP contribution in [0.15, 0.2) is 41.4 Å². The number of pyridine rings is 1. The van der Waals surface area contributed by atoms with Gasteiger partial charge in [-0.05, 0) is 43.4 Å². The Hall–Kier alpha value is -3.00. The Labute approximate surface area is 207 Å². The van der Waals surface area contributed by atoms with Gasteiger partial charge in [-0.1, -0.05) is 53.0 Å². The largest absolute Gasteiger partial charge is 0.490 e. The van der Waals surface area contributed by atoms with Gasteiger partial charge in [-0.2, -0.15) is 10.5 Å². The summed E-state index contributed by atoms with van der Waals surface area (Å²) < 4.78 is 7.99. The van der Waals surface area contributed by atoms with Crippen LogP contribution in [0.1, 0.15) is 71.1 Å². The van der Waals surface area contributed by atoms with Crippen molar-refractivity contribution in [2.75, 3.05) is 12.9 Å². The fourth-order valence-electron chi connectivity index (χ4n) is 4.07. The normalized spacial score (nSPS) is 14.0. The summed E-state index contributed by atoms with van der Waals surface area (Å²) in [4.78, 5) is 5.26. The van der Waals surface area contributed by atoms with Crippen LogP contribution < -0.4 is 10.5 Å². The fourth-order valence-corrected chi connectivity index (χ4v) is 4.67. The molecular formula is C27H35N5OS. The number of hydrogen-bond acceptors (Lipinski definition) is 6. The van der Waals surface area contributed by atoms with E-state index in [1.807, 2.05) is 62.6 Å². The SMILES string of the molecule is CC.CC.CSc1cc(-c2cnc3cccc(C#N)n23)cc(OCC2(N)CCCCC2)c1C#N. The van der Waals surface area contributed by atoms with E-state index in [9.17, 15) is 10.5 Å². The number of thioether (sulfide) groups is 1. The smallest absolute Gasteiger partial charge is 0.138 e. The van der Waals surface area contributed by atoms with Crippen LogP contribution in [0.4, 0.5) is 0 Å². The molecule has 180 valence electrons. The Morgan fingerprint density at radius 1 is 1.09 bits per heavy atom. The van der Waals surface area contributed by atoms with Gasteiger partial charge < -0.3 is 10.5 Å². The Kier molecular flexibility index (Phi) is 10.4. The highest BCUT2D eigenvalue weighted by Crippen LogP contribution is 2.36. The molecule has 1 aliphatic rings. The molecule has 1 aliphatic carbocycles. The monoisotopic (exact) mass is 477 g/mol. The van der Waals surface area contributed by atoms with E-state index in [-0.39, 0.29) is 5.54 Å². The van der Waals surface area contributed by atoms with Crippen molar-refractivity contribution in [3.8, 4) is 29.1 Å². The second-order valence-corrected chi connectivity index (χ2v) is 8.58. The molecule has 1 saturated carbocycles. The lowest BCUT2D eigenvalue weighted by atomic mass is 9.83. The van der Waals surface area contributed by atoms with Crippen LogP contribution in [0.3, 0.4) is 0 Å². The van der Waals surface area contributed by atoms with Gasteiger partial charge in [0, 0.05) is 10.5 Å². The summed E-state index contributed by atoms with van der Waals surface area (Å²) >= 11 is 1.49. The molecule has 0 saturated heterocycles. The Morgan fingerprint density at radius 2 is 1.79 bits per heavy atom. The minimum atomic E-state index is -0.349. The molecule has 0 unspecified atom stereocenters. The summed E-state index contributed by atoms with van der Waals surface area (Å²) in [6, 6.07) is 13.8. The van der Waals surface area contributed by atoms with Crippen LogP contribution in [0, 0.1) is 22.7 Å². The number of benzene rings is 1. The summed E-state index contributed by atoms with van der Waals surface area (Å²) in [5.74, 6) is 0.527. The zero-order chi connectivity index (χ0) is 25.1. The number of nitrogens with zero attached hydrogens (tertiary/aromatic N) is 4. The van der Waals surface area contributed by atoms with Crippen LogP contribution >= 0.6 is 11.8 Å². The first-order valence-corrected chi connectivity index (χ1v) is 13.2. The van der Waals surface area contributed by atoms with E-state index in [2.05, 4.69) is 17.1 Å². The predicted molar refractivity (Wildman–Crippen MR) is 140 cm³/mol. The second-order valence-electron chi connectivity index (χ2n) is 7.74. The Bertz CT molecular complexity index is 1170. The van der Waals surface area contributed by atoms with E-state index in [1.165, 1.54) is 18.2 Å². The molecule has 2 aromatic heterocycles. The molecule has 3 aromatic rings. The van der Waals surface area contributed by atoms with Crippen molar-refractivity contribution in [1.82, 2.24) is 9.38 Å². The number of fused-ring (bicyclic) bond motifs is 1. The number of rotatable bonds is 5. The molecule has 6 nitrogen and oxygen atoms in total. The van der Waals surface area contributed by atoms with Crippen LogP contribution in [0.2, 0.25) is 0 Å². The van der Waals surface area contributed by atoms with Gasteiger partial charge in [0.15, 0.2) is 0 Å². The Balaban J connectivity index is 0.000000970. The van der Waals surface area contributed by atoms with E-state index in [1.54, 1.807) is 12.3 Å². The zero-order valence-corrected chi connectivity index (χ0v) is 21.7. The molecule has 1 aromatic carbocycles. The summed E-state index contributed by atoms with van der Waals surface area (Å²) in [5, 5.41) is 19.3. The lowest BCUT2D eigenvalue weighted by Gasteiger charge is -2.33. The molecular weight excluding hydrogens is 442 g/mol. The highest BCUT2D eigenvalue weighted by Gasteiger charge is 2.29. The van der Waals surface area contributed by atoms with Gasteiger partial charge >= 0.3 is 0 Å².